The van der Waals surface area contributed by atoms with Gasteiger partial charge in [-0.2, -0.15) is 0 Å². The molecule has 0 spiro atoms. The Balaban J connectivity index is 1.90. The maximum absolute atomic E-state index is 12.1. The fourth-order valence-electron chi connectivity index (χ4n) is 2.21. The molecule has 0 bridgehead atoms. The Morgan fingerprint density at radius 1 is 1.14 bits per heavy atom. The number of carbonyl (C=O) groups excluding carboxylic acids is 1. The van der Waals surface area contributed by atoms with E-state index in [2.05, 4.69) is 16.2 Å². The van der Waals surface area contributed by atoms with Crippen LogP contribution in [0, 0.1) is 17.0 Å². The van der Waals surface area contributed by atoms with Crippen LogP contribution in [-0.4, -0.2) is 35.9 Å². The minimum Gasteiger partial charge on any atom is -0.495 e. The number of methoxy groups -OCH3 is 2. The van der Waals surface area contributed by atoms with Gasteiger partial charge in [0.25, 0.3) is 0 Å². The first-order chi connectivity index (χ1) is 13.8. The van der Waals surface area contributed by atoms with Gasteiger partial charge < -0.3 is 14.8 Å². The second-order valence-electron chi connectivity index (χ2n) is 5.71. The van der Waals surface area contributed by atoms with E-state index in [9.17, 15) is 14.9 Å². The molecule has 0 unspecified atom stereocenters. The summed E-state index contributed by atoms with van der Waals surface area (Å²) in [7, 11) is 2.73. The lowest BCUT2D eigenvalue weighted by Gasteiger charge is -2.13. The monoisotopic (exact) mass is 436 g/mol. The minimum atomic E-state index is -0.561. The van der Waals surface area contributed by atoms with Crippen LogP contribution in [0.15, 0.2) is 41.3 Å². The molecular weight excluding hydrogens is 416 g/mol. The van der Waals surface area contributed by atoms with E-state index in [4.69, 9.17) is 21.7 Å². The van der Waals surface area contributed by atoms with Crippen molar-refractivity contribution in [3.63, 3.8) is 0 Å². The molecule has 0 aromatic heterocycles. The molecule has 0 saturated heterocycles. The molecule has 0 heterocycles. The highest BCUT2D eigenvalue weighted by atomic mass is 32.2. The van der Waals surface area contributed by atoms with Crippen molar-refractivity contribution in [3.8, 4) is 11.5 Å². The van der Waals surface area contributed by atoms with E-state index in [-0.39, 0.29) is 34.0 Å². The summed E-state index contributed by atoms with van der Waals surface area (Å²) < 4.78 is 10.2. The Morgan fingerprint density at radius 3 is 2.38 bits per heavy atom. The maximum atomic E-state index is 12.1. The van der Waals surface area contributed by atoms with E-state index in [0.717, 1.165) is 23.0 Å². The van der Waals surface area contributed by atoms with Gasteiger partial charge in [0.2, 0.25) is 5.91 Å². The SMILES string of the molecule is COc1cc([N+](=O)[O-])c(OC)cc1SCC(=O)NNC(=S)Nc1ccc(C)cc1. The van der Waals surface area contributed by atoms with Gasteiger partial charge in [0.1, 0.15) is 5.75 Å². The standard InChI is InChI=1S/C18H20N4O5S2/c1-11-4-6-12(7-5-11)19-18(28)21-20-17(23)10-29-16-9-14(26-2)13(22(24)25)8-15(16)27-3/h4-9H,10H2,1-3H3,(H,20,23)(H2,19,21,28). The summed E-state index contributed by atoms with van der Waals surface area (Å²) >= 11 is 6.28. The zero-order valence-corrected chi connectivity index (χ0v) is 17.6. The molecule has 154 valence electrons. The van der Waals surface area contributed by atoms with Crippen LogP contribution in [0.5, 0.6) is 11.5 Å². The molecule has 2 aromatic rings. The third-order valence-electron chi connectivity index (χ3n) is 3.65. The van der Waals surface area contributed by atoms with Gasteiger partial charge in [-0.3, -0.25) is 25.8 Å². The average molecular weight is 437 g/mol. The first kappa shape index (κ1) is 22.2. The van der Waals surface area contributed by atoms with E-state index in [0.29, 0.717) is 4.90 Å². The number of benzene rings is 2. The van der Waals surface area contributed by atoms with Crippen molar-refractivity contribution in [1.29, 1.82) is 0 Å². The van der Waals surface area contributed by atoms with Crippen LogP contribution >= 0.6 is 24.0 Å². The van der Waals surface area contributed by atoms with Crippen molar-refractivity contribution in [2.24, 2.45) is 0 Å². The Morgan fingerprint density at radius 2 is 1.79 bits per heavy atom. The molecule has 29 heavy (non-hydrogen) atoms. The number of thiocarbonyl (C=S) groups is 1. The lowest BCUT2D eigenvalue weighted by molar-refractivity contribution is -0.385. The summed E-state index contributed by atoms with van der Waals surface area (Å²) in [5.74, 6) is 0.0415. The molecule has 1 amide bonds. The van der Waals surface area contributed by atoms with Gasteiger partial charge in [-0.1, -0.05) is 17.7 Å². The highest BCUT2D eigenvalue weighted by molar-refractivity contribution is 8.00. The van der Waals surface area contributed by atoms with Gasteiger partial charge in [-0.05, 0) is 31.3 Å². The summed E-state index contributed by atoms with van der Waals surface area (Å²) in [4.78, 5) is 23.2. The Labute approximate surface area is 177 Å². The van der Waals surface area contributed by atoms with Crippen LogP contribution in [-0.2, 0) is 4.79 Å². The van der Waals surface area contributed by atoms with Gasteiger partial charge in [0, 0.05) is 11.8 Å². The Kier molecular flexibility index (Phi) is 8.04. The van der Waals surface area contributed by atoms with Crippen LogP contribution in [0.3, 0.4) is 0 Å². The summed E-state index contributed by atoms with van der Waals surface area (Å²) in [6, 6.07) is 10.3. The van der Waals surface area contributed by atoms with E-state index in [1.54, 1.807) is 0 Å². The first-order valence-corrected chi connectivity index (χ1v) is 9.69. The summed E-state index contributed by atoms with van der Waals surface area (Å²) in [5, 5.41) is 14.3. The molecule has 0 aliphatic heterocycles. The second kappa shape index (κ2) is 10.5. The molecule has 2 rings (SSSR count). The van der Waals surface area contributed by atoms with Gasteiger partial charge in [-0.25, -0.2) is 0 Å². The number of hydrogen-bond donors (Lipinski definition) is 3. The third-order valence-corrected chi connectivity index (χ3v) is 4.89. The van der Waals surface area contributed by atoms with Crippen LogP contribution in [0.2, 0.25) is 0 Å². The molecule has 0 aliphatic rings. The fraction of sp³-hybridized carbons (Fsp3) is 0.222. The van der Waals surface area contributed by atoms with Gasteiger partial charge in [0.15, 0.2) is 10.9 Å². The molecule has 11 heteroatoms. The predicted molar refractivity (Wildman–Crippen MR) is 116 cm³/mol. The number of carbonyl (C=O) groups is 1. The highest BCUT2D eigenvalue weighted by Crippen LogP contribution is 2.39. The maximum Gasteiger partial charge on any atom is 0.314 e. The van der Waals surface area contributed by atoms with Crippen molar-refractivity contribution < 1.29 is 19.2 Å². The lowest BCUT2D eigenvalue weighted by atomic mass is 10.2. The number of aryl methyl sites for hydroxylation is 1. The number of amides is 1. The van der Waals surface area contributed by atoms with Crippen LogP contribution in [0.1, 0.15) is 5.56 Å². The van der Waals surface area contributed by atoms with Crippen molar-refractivity contribution in [1.82, 2.24) is 10.9 Å². The zero-order valence-electron chi connectivity index (χ0n) is 16.0. The average Bonchev–Trinajstić information content (AvgIpc) is 2.71. The molecule has 0 radical (unpaired) electrons. The normalized spacial score (nSPS) is 10.0. The molecule has 0 atom stereocenters. The lowest BCUT2D eigenvalue weighted by Crippen LogP contribution is -2.44. The van der Waals surface area contributed by atoms with Crippen molar-refractivity contribution in [3.05, 3.63) is 52.1 Å². The number of hydrazine groups is 1. The van der Waals surface area contributed by atoms with Gasteiger partial charge in [0.05, 0.1) is 35.9 Å². The summed E-state index contributed by atoms with van der Waals surface area (Å²) in [6.45, 7) is 1.98. The summed E-state index contributed by atoms with van der Waals surface area (Å²) in [6.07, 6.45) is 0. The molecule has 3 N–H and O–H groups in total. The largest absolute Gasteiger partial charge is 0.495 e. The van der Waals surface area contributed by atoms with E-state index < -0.39 is 4.92 Å². The molecule has 2 aromatic carbocycles. The van der Waals surface area contributed by atoms with Crippen LogP contribution < -0.4 is 25.6 Å². The first-order valence-electron chi connectivity index (χ1n) is 8.29. The number of nitrogens with one attached hydrogen (secondary N) is 3. The van der Waals surface area contributed by atoms with Crippen LogP contribution in [0.4, 0.5) is 11.4 Å². The number of thioether (sulfide) groups is 1. The van der Waals surface area contributed by atoms with Crippen molar-refractivity contribution in [2.45, 2.75) is 11.8 Å². The van der Waals surface area contributed by atoms with E-state index >= 15 is 0 Å². The molecule has 0 saturated carbocycles. The molecule has 0 aliphatic carbocycles. The van der Waals surface area contributed by atoms with E-state index in [1.165, 1.54) is 26.4 Å². The zero-order chi connectivity index (χ0) is 21.4. The Hall–Kier alpha value is -3.05. The molecule has 9 nitrogen and oxygen atoms in total. The third kappa shape index (κ3) is 6.50. The number of anilines is 1. The second-order valence-corrected chi connectivity index (χ2v) is 7.14. The highest BCUT2D eigenvalue weighted by Gasteiger charge is 2.20. The number of nitrogens with zero attached hydrogens (tertiary/aromatic N) is 1. The minimum absolute atomic E-state index is 0.0253. The number of hydrogen-bond acceptors (Lipinski definition) is 7. The molecular formula is C18H20N4O5S2. The number of ether oxygens (including phenoxy) is 2. The molecule has 0 fully saturated rings. The number of nitro groups is 1. The van der Waals surface area contributed by atoms with Gasteiger partial charge in [-0.15, -0.1) is 11.8 Å². The predicted octanol–water partition coefficient (Wildman–Crippen LogP) is 3.03. The van der Waals surface area contributed by atoms with Gasteiger partial charge >= 0.3 is 5.69 Å². The fourth-order valence-corrected chi connectivity index (χ4v) is 3.22. The number of nitro benzene ring substituents is 1. The topological polar surface area (TPSA) is 115 Å². The van der Waals surface area contributed by atoms with Crippen LogP contribution in [0.25, 0.3) is 0 Å². The van der Waals surface area contributed by atoms with E-state index in [1.807, 2.05) is 31.2 Å². The van der Waals surface area contributed by atoms with Crippen molar-refractivity contribution in [2.75, 3.05) is 25.3 Å². The summed E-state index contributed by atoms with van der Waals surface area (Å²) in [5.41, 5.74) is 6.80. The van der Waals surface area contributed by atoms with Crippen molar-refractivity contribution >= 4 is 46.4 Å². The quantitative estimate of drug-likeness (QED) is 0.261. The number of rotatable bonds is 7. The Bertz CT molecular complexity index is 906. The smallest absolute Gasteiger partial charge is 0.314 e.